The van der Waals surface area contributed by atoms with Gasteiger partial charge in [0.25, 0.3) is 0 Å². The molecule has 0 fully saturated rings. The van der Waals surface area contributed by atoms with Crippen LogP contribution in [0.4, 0.5) is 11.4 Å². The second-order valence-corrected chi connectivity index (χ2v) is 9.12. The van der Waals surface area contributed by atoms with Crippen LogP contribution >= 0.6 is 0 Å². The molecule has 0 amide bonds. The second-order valence-electron chi connectivity index (χ2n) is 5.92. The molecule has 0 saturated carbocycles. The Kier molecular flexibility index (Phi) is 5.94. The molecule has 0 aliphatic carbocycles. The maximum absolute atomic E-state index is 12.2. The van der Waals surface area contributed by atoms with Crippen molar-refractivity contribution in [1.82, 2.24) is 0 Å². The lowest BCUT2D eigenvalue weighted by Crippen LogP contribution is -2.15. The Morgan fingerprint density at radius 1 is 0.862 bits per heavy atom. The maximum atomic E-state index is 12.2. The number of azo groups is 1. The van der Waals surface area contributed by atoms with Crippen LogP contribution in [0.25, 0.3) is 10.8 Å². The minimum Gasteiger partial charge on any atom is -0.506 e. The molecule has 3 aromatic carbocycles. The van der Waals surface area contributed by atoms with Crippen molar-refractivity contribution in [3.05, 3.63) is 60.7 Å². The minimum atomic E-state index is -4.70. The summed E-state index contributed by atoms with van der Waals surface area (Å²) in [6, 6.07) is 16.0. The molecule has 0 saturated heterocycles. The summed E-state index contributed by atoms with van der Waals surface area (Å²) in [6.07, 6.45) is 0. The normalized spacial score (nSPS) is 12.6. The fraction of sp³-hybridized carbons (Fsp3) is 0.111. The molecule has 0 aromatic heterocycles. The SMILES string of the molecule is O=S(=O)(O)OCCS(=O)(=O)c1ccc(N=Nc2c(O)ccc3ccccc23)cc1. The quantitative estimate of drug-likeness (QED) is 0.426. The van der Waals surface area contributed by atoms with Crippen LogP contribution in [0.1, 0.15) is 0 Å². The zero-order chi connectivity index (χ0) is 21.1. The van der Waals surface area contributed by atoms with Crippen molar-refractivity contribution < 1.29 is 30.7 Å². The fourth-order valence-electron chi connectivity index (χ4n) is 2.54. The van der Waals surface area contributed by atoms with Gasteiger partial charge in [0.2, 0.25) is 0 Å². The van der Waals surface area contributed by atoms with Crippen LogP contribution < -0.4 is 0 Å². The van der Waals surface area contributed by atoms with Crippen LogP contribution in [0.2, 0.25) is 0 Å². The number of rotatable bonds is 7. The molecule has 0 unspecified atom stereocenters. The zero-order valence-electron chi connectivity index (χ0n) is 14.8. The fourth-order valence-corrected chi connectivity index (χ4v) is 4.03. The molecular formula is C18H16N2O7S2. The molecular weight excluding hydrogens is 420 g/mol. The van der Waals surface area contributed by atoms with Gasteiger partial charge >= 0.3 is 10.4 Å². The summed E-state index contributed by atoms with van der Waals surface area (Å²) in [5.41, 5.74) is 0.646. The van der Waals surface area contributed by atoms with Gasteiger partial charge in [-0.1, -0.05) is 30.3 Å². The average Bonchev–Trinajstić information content (AvgIpc) is 2.66. The molecule has 9 nitrogen and oxygen atoms in total. The zero-order valence-corrected chi connectivity index (χ0v) is 16.5. The largest absolute Gasteiger partial charge is 0.506 e. The van der Waals surface area contributed by atoms with Gasteiger partial charge in [-0.25, -0.2) is 12.6 Å². The Balaban J connectivity index is 1.78. The standard InChI is InChI=1S/C18H16N2O7S2/c21-17-10-5-13-3-1-2-4-16(13)18(17)20-19-14-6-8-15(9-7-14)28(22,23)12-11-27-29(24,25)26/h1-10,21H,11-12H2,(H,24,25,26). The van der Waals surface area contributed by atoms with Gasteiger partial charge in [-0.15, -0.1) is 5.11 Å². The molecule has 152 valence electrons. The summed E-state index contributed by atoms with van der Waals surface area (Å²) >= 11 is 0. The van der Waals surface area contributed by atoms with Crippen LogP contribution in [-0.4, -0.2) is 38.9 Å². The highest BCUT2D eigenvalue weighted by Crippen LogP contribution is 2.36. The van der Waals surface area contributed by atoms with E-state index in [9.17, 15) is 21.9 Å². The van der Waals surface area contributed by atoms with Crippen molar-refractivity contribution in [1.29, 1.82) is 0 Å². The number of phenolic OH excluding ortho intramolecular Hbond substituents is 1. The summed E-state index contributed by atoms with van der Waals surface area (Å²) in [5.74, 6) is -0.664. The summed E-state index contributed by atoms with van der Waals surface area (Å²) in [5, 5.41) is 19.8. The van der Waals surface area contributed by atoms with E-state index in [0.29, 0.717) is 16.8 Å². The number of nitrogens with zero attached hydrogens (tertiary/aromatic N) is 2. The molecule has 0 atom stereocenters. The molecule has 11 heteroatoms. The first-order valence-corrected chi connectivity index (χ1v) is 11.2. The Morgan fingerprint density at radius 3 is 2.24 bits per heavy atom. The summed E-state index contributed by atoms with van der Waals surface area (Å²) in [4.78, 5) is -0.0663. The highest BCUT2D eigenvalue weighted by molar-refractivity contribution is 7.91. The molecule has 0 radical (unpaired) electrons. The lowest BCUT2D eigenvalue weighted by atomic mass is 10.1. The number of hydrogen-bond donors (Lipinski definition) is 2. The van der Waals surface area contributed by atoms with E-state index in [4.69, 9.17) is 4.55 Å². The second kappa shape index (κ2) is 8.25. The number of benzene rings is 3. The molecule has 0 bridgehead atoms. The minimum absolute atomic E-state index is 0.0366. The van der Waals surface area contributed by atoms with Gasteiger partial charge in [0.15, 0.2) is 9.84 Å². The van der Waals surface area contributed by atoms with E-state index >= 15 is 0 Å². The first-order valence-electron chi connectivity index (χ1n) is 8.23. The summed E-state index contributed by atoms with van der Waals surface area (Å²) in [6.45, 7) is -0.705. The molecule has 3 rings (SSSR count). The number of sulfone groups is 1. The summed E-state index contributed by atoms with van der Waals surface area (Å²) in [7, 11) is -8.52. The van der Waals surface area contributed by atoms with E-state index in [0.717, 1.165) is 5.39 Å². The van der Waals surface area contributed by atoms with Crippen LogP contribution in [0, 0.1) is 0 Å². The van der Waals surface area contributed by atoms with Gasteiger partial charge in [0, 0.05) is 5.39 Å². The number of hydrogen-bond acceptors (Lipinski definition) is 8. The molecule has 0 aliphatic heterocycles. The van der Waals surface area contributed by atoms with Crippen molar-refractivity contribution in [2.75, 3.05) is 12.4 Å². The molecule has 2 N–H and O–H groups in total. The number of aromatic hydroxyl groups is 1. The van der Waals surface area contributed by atoms with Crippen molar-refractivity contribution in [2.24, 2.45) is 10.2 Å². The third kappa shape index (κ3) is 5.35. The van der Waals surface area contributed by atoms with E-state index in [1.165, 1.54) is 30.3 Å². The molecule has 29 heavy (non-hydrogen) atoms. The van der Waals surface area contributed by atoms with Crippen molar-refractivity contribution in [3.8, 4) is 5.75 Å². The average molecular weight is 436 g/mol. The van der Waals surface area contributed by atoms with Gasteiger partial charge in [-0.2, -0.15) is 13.5 Å². The Bertz CT molecular complexity index is 1270. The third-order valence-electron chi connectivity index (χ3n) is 3.92. The van der Waals surface area contributed by atoms with Gasteiger partial charge < -0.3 is 5.11 Å². The van der Waals surface area contributed by atoms with Crippen LogP contribution in [0.3, 0.4) is 0 Å². The molecule has 0 heterocycles. The predicted octanol–water partition coefficient (Wildman–Crippen LogP) is 3.55. The molecule has 0 aliphatic rings. The van der Waals surface area contributed by atoms with Crippen molar-refractivity contribution >= 4 is 42.4 Å². The Hall–Kier alpha value is -2.86. The topological polar surface area (TPSA) is 143 Å². The molecule has 3 aromatic rings. The molecule has 0 spiro atoms. The lowest BCUT2D eigenvalue weighted by molar-refractivity contribution is 0.284. The van der Waals surface area contributed by atoms with E-state index in [1.807, 2.05) is 18.2 Å². The van der Waals surface area contributed by atoms with Gasteiger partial charge in [0.05, 0.1) is 22.9 Å². The van der Waals surface area contributed by atoms with Gasteiger partial charge in [0.1, 0.15) is 11.4 Å². The lowest BCUT2D eigenvalue weighted by Gasteiger charge is -2.05. The van der Waals surface area contributed by atoms with Crippen molar-refractivity contribution in [3.63, 3.8) is 0 Å². The predicted molar refractivity (Wildman–Crippen MR) is 106 cm³/mol. The Labute approximate surface area is 167 Å². The highest BCUT2D eigenvalue weighted by atomic mass is 32.3. The van der Waals surface area contributed by atoms with E-state index < -0.39 is 32.6 Å². The maximum Gasteiger partial charge on any atom is 0.397 e. The van der Waals surface area contributed by atoms with Crippen molar-refractivity contribution in [2.45, 2.75) is 4.90 Å². The number of phenols is 1. The monoisotopic (exact) mass is 436 g/mol. The van der Waals surface area contributed by atoms with E-state index in [1.54, 1.807) is 12.1 Å². The van der Waals surface area contributed by atoms with Crippen LogP contribution in [0.5, 0.6) is 5.75 Å². The van der Waals surface area contributed by atoms with E-state index in [-0.39, 0.29) is 10.6 Å². The van der Waals surface area contributed by atoms with Gasteiger partial charge in [-0.05, 0) is 35.7 Å². The van der Waals surface area contributed by atoms with E-state index in [2.05, 4.69) is 14.4 Å². The van der Waals surface area contributed by atoms with Crippen LogP contribution in [0.15, 0.2) is 75.8 Å². The highest BCUT2D eigenvalue weighted by Gasteiger charge is 2.16. The van der Waals surface area contributed by atoms with Gasteiger partial charge in [-0.3, -0.25) is 4.55 Å². The number of fused-ring (bicyclic) bond motifs is 1. The summed E-state index contributed by atoms with van der Waals surface area (Å²) < 4.78 is 57.8. The first kappa shape index (κ1) is 20.9. The third-order valence-corrected chi connectivity index (χ3v) is 6.08. The van der Waals surface area contributed by atoms with Crippen LogP contribution in [-0.2, 0) is 24.4 Å². The first-order chi connectivity index (χ1) is 13.7. The Morgan fingerprint density at radius 2 is 1.55 bits per heavy atom. The smallest absolute Gasteiger partial charge is 0.397 e.